The molecule has 3 rings (SSSR count). The Kier molecular flexibility index (Phi) is 3.21. The second-order valence-electron chi connectivity index (χ2n) is 4.68. The Morgan fingerprint density at radius 1 is 1.10 bits per heavy atom. The van der Waals surface area contributed by atoms with Crippen molar-refractivity contribution in [1.29, 1.82) is 0 Å². The van der Waals surface area contributed by atoms with Crippen LogP contribution in [0.4, 0.5) is 0 Å². The van der Waals surface area contributed by atoms with Crippen molar-refractivity contribution in [2.75, 3.05) is 0 Å². The van der Waals surface area contributed by atoms with Gasteiger partial charge < -0.3 is 9.63 Å². The first-order valence-electron chi connectivity index (χ1n) is 6.39. The summed E-state index contributed by atoms with van der Waals surface area (Å²) in [5.74, 6) is 1.38. The van der Waals surface area contributed by atoms with Crippen LogP contribution in [-0.2, 0) is 6.42 Å². The lowest BCUT2D eigenvalue weighted by Crippen LogP contribution is -1.90. The third kappa shape index (κ3) is 2.54. The number of phenols is 1. The molecule has 100 valence electrons. The van der Waals surface area contributed by atoms with E-state index in [2.05, 4.69) is 10.1 Å². The van der Waals surface area contributed by atoms with Crippen molar-refractivity contribution in [1.82, 2.24) is 10.1 Å². The third-order valence-electron chi connectivity index (χ3n) is 3.12. The summed E-state index contributed by atoms with van der Waals surface area (Å²) in [4.78, 5) is 4.39. The zero-order valence-corrected chi connectivity index (χ0v) is 11.1. The average molecular weight is 266 g/mol. The van der Waals surface area contributed by atoms with Gasteiger partial charge in [0.15, 0.2) is 5.82 Å². The topological polar surface area (TPSA) is 59.2 Å². The Morgan fingerprint density at radius 3 is 2.65 bits per heavy atom. The van der Waals surface area contributed by atoms with E-state index in [9.17, 15) is 5.11 Å². The maximum Gasteiger partial charge on any atom is 0.257 e. The van der Waals surface area contributed by atoms with Crippen LogP contribution in [0, 0.1) is 6.92 Å². The van der Waals surface area contributed by atoms with E-state index in [0.717, 1.165) is 16.7 Å². The second kappa shape index (κ2) is 5.17. The Hall–Kier alpha value is -2.62. The first kappa shape index (κ1) is 12.4. The molecule has 0 bridgehead atoms. The van der Waals surface area contributed by atoms with Gasteiger partial charge in [-0.25, -0.2) is 0 Å². The summed E-state index contributed by atoms with van der Waals surface area (Å²) in [7, 11) is 0. The lowest BCUT2D eigenvalue weighted by Gasteiger charge is -1.99. The molecule has 20 heavy (non-hydrogen) atoms. The quantitative estimate of drug-likeness (QED) is 0.789. The van der Waals surface area contributed by atoms with Crippen LogP contribution in [0.25, 0.3) is 11.5 Å². The molecule has 0 unspecified atom stereocenters. The fraction of sp³-hybridized carbons (Fsp3) is 0.125. The molecule has 0 atom stereocenters. The normalized spacial score (nSPS) is 10.7. The zero-order chi connectivity index (χ0) is 13.9. The first-order valence-corrected chi connectivity index (χ1v) is 6.39. The van der Waals surface area contributed by atoms with Gasteiger partial charge in [0, 0.05) is 12.0 Å². The number of aryl methyl sites for hydroxylation is 1. The summed E-state index contributed by atoms with van der Waals surface area (Å²) in [6.45, 7) is 1.83. The molecule has 4 nitrogen and oxygen atoms in total. The molecule has 0 saturated carbocycles. The van der Waals surface area contributed by atoms with Crippen LogP contribution < -0.4 is 0 Å². The first-order chi connectivity index (χ1) is 9.72. The van der Waals surface area contributed by atoms with Gasteiger partial charge in [-0.2, -0.15) is 4.98 Å². The monoisotopic (exact) mass is 266 g/mol. The van der Waals surface area contributed by atoms with Crippen LogP contribution in [0.1, 0.15) is 17.0 Å². The Balaban J connectivity index is 1.84. The molecule has 0 fully saturated rings. The van der Waals surface area contributed by atoms with E-state index in [4.69, 9.17) is 4.52 Å². The molecule has 1 aromatic heterocycles. The highest BCUT2D eigenvalue weighted by molar-refractivity contribution is 5.56. The van der Waals surface area contributed by atoms with Crippen molar-refractivity contribution in [3.63, 3.8) is 0 Å². The Morgan fingerprint density at radius 2 is 1.90 bits per heavy atom. The van der Waals surface area contributed by atoms with Crippen molar-refractivity contribution in [3.05, 3.63) is 65.5 Å². The van der Waals surface area contributed by atoms with E-state index in [1.165, 1.54) is 0 Å². The van der Waals surface area contributed by atoms with Gasteiger partial charge in [0.2, 0.25) is 0 Å². The van der Waals surface area contributed by atoms with Gasteiger partial charge in [0.25, 0.3) is 5.89 Å². The molecule has 3 aromatic rings. The summed E-state index contributed by atoms with van der Waals surface area (Å²) >= 11 is 0. The molecule has 1 N–H and O–H groups in total. The lowest BCUT2D eigenvalue weighted by molar-refractivity contribution is 0.423. The molecule has 0 radical (unpaired) electrons. The highest BCUT2D eigenvalue weighted by Gasteiger charge is 2.10. The predicted octanol–water partition coefficient (Wildman–Crippen LogP) is 3.34. The van der Waals surface area contributed by atoms with E-state index in [1.54, 1.807) is 12.1 Å². The van der Waals surface area contributed by atoms with Crippen LogP contribution in [0.15, 0.2) is 53.1 Å². The molecule has 0 aliphatic rings. The van der Waals surface area contributed by atoms with Gasteiger partial charge in [-0.3, -0.25) is 0 Å². The van der Waals surface area contributed by atoms with E-state index in [-0.39, 0.29) is 5.75 Å². The predicted molar refractivity (Wildman–Crippen MR) is 75.4 cm³/mol. The molecule has 4 heteroatoms. The minimum absolute atomic E-state index is 0.262. The van der Waals surface area contributed by atoms with Crippen LogP contribution in [0.2, 0.25) is 0 Å². The SMILES string of the molecule is Cc1cc(-c2nc(Cc3ccccc3)no2)ccc1O. The van der Waals surface area contributed by atoms with Crippen LogP contribution >= 0.6 is 0 Å². The van der Waals surface area contributed by atoms with Crippen LogP contribution in [-0.4, -0.2) is 15.2 Å². The molecule has 0 aliphatic heterocycles. The molecule has 0 saturated heterocycles. The molecule has 0 spiro atoms. The van der Waals surface area contributed by atoms with Gasteiger partial charge in [-0.1, -0.05) is 35.5 Å². The minimum atomic E-state index is 0.262. The molecular weight excluding hydrogens is 252 g/mol. The maximum atomic E-state index is 9.52. The summed E-state index contributed by atoms with van der Waals surface area (Å²) < 4.78 is 5.28. The highest BCUT2D eigenvalue weighted by Crippen LogP contribution is 2.24. The van der Waals surface area contributed by atoms with Crippen LogP contribution in [0.5, 0.6) is 5.75 Å². The number of phenolic OH excluding ortho intramolecular Hbond substituents is 1. The summed E-state index contributed by atoms with van der Waals surface area (Å²) in [6.07, 6.45) is 0.640. The molecule has 0 aliphatic carbocycles. The number of hydrogen-bond donors (Lipinski definition) is 1. The van der Waals surface area contributed by atoms with E-state index >= 15 is 0 Å². The Labute approximate surface area is 116 Å². The summed E-state index contributed by atoms with van der Waals surface area (Å²) in [5, 5.41) is 13.5. The van der Waals surface area contributed by atoms with Crippen molar-refractivity contribution < 1.29 is 9.63 Å². The van der Waals surface area contributed by atoms with E-state index in [0.29, 0.717) is 18.1 Å². The minimum Gasteiger partial charge on any atom is -0.508 e. The van der Waals surface area contributed by atoms with Crippen molar-refractivity contribution in [2.45, 2.75) is 13.3 Å². The van der Waals surface area contributed by atoms with Gasteiger partial charge in [-0.05, 0) is 36.2 Å². The number of benzene rings is 2. The van der Waals surface area contributed by atoms with E-state index in [1.807, 2.05) is 43.3 Å². The smallest absolute Gasteiger partial charge is 0.257 e. The molecule has 2 aromatic carbocycles. The lowest BCUT2D eigenvalue weighted by atomic mass is 10.1. The number of rotatable bonds is 3. The summed E-state index contributed by atoms with van der Waals surface area (Å²) in [6, 6.07) is 15.2. The molecule has 1 heterocycles. The zero-order valence-electron chi connectivity index (χ0n) is 11.1. The molecular formula is C16H14N2O2. The van der Waals surface area contributed by atoms with Gasteiger partial charge in [-0.15, -0.1) is 0 Å². The fourth-order valence-electron chi connectivity index (χ4n) is 2.01. The van der Waals surface area contributed by atoms with Crippen molar-refractivity contribution in [2.24, 2.45) is 0 Å². The number of aromatic nitrogens is 2. The maximum absolute atomic E-state index is 9.52. The van der Waals surface area contributed by atoms with Gasteiger partial charge >= 0.3 is 0 Å². The number of hydrogen-bond acceptors (Lipinski definition) is 4. The third-order valence-corrected chi connectivity index (χ3v) is 3.12. The van der Waals surface area contributed by atoms with E-state index < -0.39 is 0 Å². The summed E-state index contributed by atoms with van der Waals surface area (Å²) in [5.41, 5.74) is 2.74. The average Bonchev–Trinajstić information content (AvgIpc) is 2.91. The van der Waals surface area contributed by atoms with Gasteiger partial charge in [0.05, 0.1) is 0 Å². The molecule has 0 amide bonds. The second-order valence-corrected chi connectivity index (χ2v) is 4.68. The van der Waals surface area contributed by atoms with Crippen LogP contribution in [0.3, 0.4) is 0 Å². The van der Waals surface area contributed by atoms with Crippen molar-refractivity contribution >= 4 is 0 Å². The number of aromatic hydroxyl groups is 1. The Bertz CT molecular complexity index is 720. The standard InChI is InChI=1S/C16H14N2O2/c1-11-9-13(7-8-14(11)19)16-17-15(18-20-16)10-12-5-3-2-4-6-12/h2-9,19H,10H2,1H3. The van der Waals surface area contributed by atoms with Gasteiger partial charge in [0.1, 0.15) is 5.75 Å². The highest BCUT2D eigenvalue weighted by atomic mass is 16.5. The largest absolute Gasteiger partial charge is 0.508 e. The fourth-order valence-corrected chi connectivity index (χ4v) is 2.01. The number of nitrogens with zero attached hydrogens (tertiary/aromatic N) is 2. The van der Waals surface area contributed by atoms with Crippen molar-refractivity contribution in [3.8, 4) is 17.2 Å².